The molecule has 154 valence electrons. The zero-order chi connectivity index (χ0) is 20.9. The predicted molar refractivity (Wildman–Crippen MR) is 125 cm³/mol. The number of para-hydroxylation sites is 1. The Morgan fingerprint density at radius 2 is 2.03 bits per heavy atom. The number of aromatic nitrogens is 1. The topological polar surface area (TPSA) is 80.4 Å². The molecular formula is C24H26N4OS. The van der Waals surface area contributed by atoms with Crippen LogP contribution in [0, 0.1) is 0 Å². The Kier molecular flexibility index (Phi) is 6.23. The third kappa shape index (κ3) is 4.60. The van der Waals surface area contributed by atoms with Gasteiger partial charge in [-0.05, 0) is 49.2 Å². The number of nitrogens with two attached hydrogens (primary N) is 1. The van der Waals surface area contributed by atoms with E-state index in [4.69, 9.17) is 15.7 Å². The molecule has 3 aromatic rings. The van der Waals surface area contributed by atoms with Crippen molar-refractivity contribution in [1.29, 1.82) is 0 Å². The van der Waals surface area contributed by atoms with E-state index in [1.165, 1.54) is 10.9 Å². The lowest BCUT2D eigenvalue weighted by Crippen LogP contribution is -2.32. The van der Waals surface area contributed by atoms with Crippen LogP contribution in [-0.2, 0) is 4.79 Å². The highest BCUT2D eigenvalue weighted by atomic mass is 32.1. The number of rotatable bonds is 6. The van der Waals surface area contributed by atoms with E-state index in [0.29, 0.717) is 6.42 Å². The molecule has 5 nitrogen and oxygen atoms in total. The van der Waals surface area contributed by atoms with Crippen molar-refractivity contribution < 1.29 is 4.79 Å². The van der Waals surface area contributed by atoms with Crippen molar-refractivity contribution in [3.05, 3.63) is 66.4 Å². The standard InChI is InChI=1S/C24H26N4OS/c1-2-23(29)27-19-12-11-18(15-19)26-20(13-14-25)16-7-9-17(10-8-16)24-28-21-5-3-4-6-22(21)30-24/h3-10,13-14,18-19H,2,11-12,15,25H2,1H3,(H,27,29)/b14-13-,26-20?. The van der Waals surface area contributed by atoms with E-state index >= 15 is 0 Å². The first-order valence-corrected chi connectivity index (χ1v) is 11.2. The number of aliphatic imine (C=N–C) groups is 1. The number of fused-ring (bicyclic) bond motifs is 1. The fraction of sp³-hybridized carbons (Fsp3) is 0.292. The van der Waals surface area contributed by atoms with Gasteiger partial charge in [0.1, 0.15) is 5.01 Å². The van der Waals surface area contributed by atoms with Gasteiger partial charge in [0.05, 0.1) is 22.0 Å². The van der Waals surface area contributed by atoms with Crippen LogP contribution in [0.2, 0.25) is 0 Å². The molecule has 1 heterocycles. The van der Waals surface area contributed by atoms with E-state index < -0.39 is 0 Å². The lowest BCUT2D eigenvalue weighted by molar-refractivity contribution is -0.121. The molecule has 2 atom stereocenters. The Morgan fingerprint density at radius 3 is 2.77 bits per heavy atom. The lowest BCUT2D eigenvalue weighted by Gasteiger charge is -2.12. The molecule has 6 heteroatoms. The van der Waals surface area contributed by atoms with Gasteiger partial charge in [0.25, 0.3) is 0 Å². The van der Waals surface area contributed by atoms with Crippen molar-refractivity contribution >= 4 is 33.2 Å². The molecule has 0 bridgehead atoms. The normalized spacial score (nSPS) is 19.6. The summed E-state index contributed by atoms with van der Waals surface area (Å²) < 4.78 is 1.19. The van der Waals surface area contributed by atoms with E-state index in [1.54, 1.807) is 11.3 Å². The first-order chi connectivity index (χ1) is 14.7. The van der Waals surface area contributed by atoms with Crippen molar-refractivity contribution in [3.8, 4) is 10.6 Å². The Bertz CT molecular complexity index is 1050. The van der Waals surface area contributed by atoms with Gasteiger partial charge in [-0.1, -0.05) is 43.3 Å². The maximum Gasteiger partial charge on any atom is 0.219 e. The molecule has 0 radical (unpaired) electrons. The number of carbonyl (C=O) groups is 1. The maximum absolute atomic E-state index is 11.6. The van der Waals surface area contributed by atoms with Gasteiger partial charge in [-0.2, -0.15) is 0 Å². The van der Waals surface area contributed by atoms with E-state index in [0.717, 1.165) is 46.6 Å². The van der Waals surface area contributed by atoms with Gasteiger partial charge in [-0.25, -0.2) is 4.98 Å². The quantitative estimate of drug-likeness (QED) is 0.571. The molecule has 1 saturated carbocycles. The van der Waals surface area contributed by atoms with Crippen molar-refractivity contribution in [2.45, 2.75) is 44.7 Å². The molecule has 3 N–H and O–H groups in total. The second kappa shape index (κ2) is 9.22. The molecule has 2 unspecified atom stereocenters. The summed E-state index contributed by atoms with van der Waals surface area (Å²) in [5.41, 5.74) is 9.72. The zero-order valence-corrected chi connectivity index (χ0v) is 17.9. The van der Waals surface area contributed by atoms with Gasteiger partial charge in [0, 0.05) is 18.0 Å². The number of hydrogen-bond donors (Lipinski definition) is 2. The van der Waals surface area contributed by atoms with Gasteiger partial charge in [0.15, 0.2) is 0 Å². The molecule has 0 spiro atoms. The number of amides is 1. The van der Waals surface area contributed by atoms with Crippen LogP contribution in [-0.4, -0.2) is 28.7 Å². The summed E-state index contributed by atoms with van der Waals surface area (Å²) in [7, 11) is 0. The van der Waals surface area contributed by atoms with Crippen molar-refractivity contribution in [2.24, 2.45) is 10.7 Å². The van der Waals surface area contributed by atoms with E-state index in [2.05, 4.69) is 35.6 Å². The minimum atomic E-state index is 0.108. The Labute approximate surface area is 180 Å². The molecule has 1 fully saturated rings. The SMILES string of the molecule is CCC(=O)NC1CCC(N=C(/C=C\N)c2ccc(-c3nc4ccccc4s3)cc2)C1. The molecule has 0 saturated heterocycles. The third-order valence-corrected chi connectivity index (χ3v) is 6.47. The number of allylic oxidation sites excluding steroid dienone is 1. The van der Waals surface area contributed by atoms with Gasteiger partial charge in [-0.15, -0.1) is 11.3 Å². The van der Waals surface area contributed by atoms with Gasteiger partial charge in [-0.3, -0.25) is 9.79 Å². The molecule has 1 aliphatic carbocycles. The fourth-order valence-corrected chi connectivity index (χ4v) is 4.79. The number of thiazole rings is 1. The van der Waals surface area contributed by atoms with Gasteiger partial charge < -0.3 is 11.1 Å². The molecule has 4 rings (SSSR count). The number of benzene rings is 2. The van der Waals surface area contributed by atoms with Gasteiger partial charge >= 0.3 is 0 Å². The van der Waals surface area contributed by atoms with Crippen molar-refractivity contribution in [1.82, 2.24) is 10.3 Å². The summed E-state index contributed by atoms with van der Waals surface area (Å²) in [6.45, 7) is 1.88. The summed E-state index contributed by atoms with van der Waals surface area (Å²) in [4.78, 5) is 21.3. The van der Waals surface area contributed by atoms with E-state index in [9.17, 15) is 4.79 Å². The highest BCUT2D eigenvalue weighted by Gasteiger charge is 2.25. The predicted octanol–water partition coefficient (Wildman–Crippen LogP) is 4.67. The van der Waals surface area contributed by atoms with Crippen LogP contribution < -0.4 is 11.1 Å². The minimum Gasteiger partial charge on any atom is -0.405 e. The fourth-order valence-electron chi connectivity index (χ4n) is 3.82. The summed E-state index contributed by atoms with van der Waals surface area (Å²) in [5.74, 6) is 0.108. The van der Waals surface area contributed by atoms with Crippen LogP contribution in [0.4, 0.5) is 0 Å². The zero-order valence-electron chi connectivity index (χ0n) is 17.0. The highest BCUT2D eigenvalue weighted by molar-refractivity contribution is 7.21. The Balaban J connectivity index is 1.52. The third-order valence-electron chi connectivity index (χ3n) is 5.39. The van der Waals surface area contributed by atoms with Gasteiger partial charge in [0.2, 0.25) is 5.91 Å². The molecule has 1 aliphatic rings. The monoisotopic (exact) mass is 418 g/mol. The summed E-state index contributed by atoms with van der Waals surface area (Å²) in [6.07, 6.45) is 6.72. The largest absolute Gasteiger partial charge is 0.405 e. The summed E-state index contributed by atoms with van der Waals surface area (Å²) >= 11 is 1.70. The second-order valence-corrected chi connectivity index (χ2v) is 8.55. The highest BCUT2D eigenvalue weighted by Crippen LogP contribution is 2.30. The van der Waals surface area contributed by atoms with E-state index in [1.807, 2.05) is 31.2 Å². The maximum atomic E-state index is 11.6. The van der Waals surface area contributed by atoms with Crippen molar-refractivity contribution in [3.63, 3.8) is 0 Å². The van der Waals surface area contributed by atoms with Crippen molar-refractivity contribution in [2.75, 3.05) is 0 Å². The molecule has 30 heavy (non-hydrogen) atoms. The molecule has 2 aromatic carbocycles. The average molecular weight is 419 g/mol. The Hall–Kier alpha value is -2.99. The average Bonchev–Trinajstić information content (AvgIpc) is 3.40. The number of nitrogens with zero attached hydrogens (tertiary/aromatic N) is 2. The van der Waals surface area contributed by atoms with Crippen LogP contribution in [0.25, 0.3) is 20.8 Å². The summed E-state index contributed by atoms with van der Waals surface area (Å²) in [6, 6.07) is 16.9. The lowest BCUT2D eigenvalue weighted by atomic mass is 10.1. The summed E-state index contributed by atoms with van der Waals surface area (Å²) in [5, 5.41) is 4.10. The molecular weight excluding hydrogens is 392 g/mol. The van der Waals surface area contributed by atoms with Crippen LogP contribution in [0.5, 0.6) is 0 Å². The first kappa shape index (κ1) is 20.3. The number of hydrogen-bond acceptors (Lipinski definition) is 5. The van der Waals surface area contributed by atoms with E-state index in [-0.39, 0.29) is 18.0 Å². The van der Waals surface area contributed by atoms with Crippen LogP contribution in [0.1, 0.15) is 38.2 Å². The first-order valence-electron chi connectivity index (χ1n) is 10.4. The number of nitrogens with one attached hydrogen (secondary N) is 1. The minimum absolute atomic E-state index is 0.108. The second-order valence-electron chi connectivity index (χ2n) is 7.52. The van der Waals surface area contributed by atoms with Crippen LogP contribution >= 0.6 is 11.3 Å². The smallest absolute Gasteiger partial charge is 0.219 e. The van der Waals surface area contributed by atoms with Crippen LogP contribution in [0.15, 0.2) is 65.8 Å². The molecule has 1 aromatic heterocycles. The van der Waals surface area contributed by atoms with Crippen LogP contribution in [0.3, 0.4) is 0 Å². The molecule has 0 aliphatic heterocycles. The Morgan fingerprint density at radius 1 is 1.23 bits per heavy atom. The molecule has 1 amide bonds. The number of carbonyl (C=O) groups excluding carboxylic acids is 1.